The maximum Gasteiger partial charge on any atom is 0.125 e. The van der Waals surface area contributed by atoms with Gasteiger partial charge in [-0.2, -0.15) is 0 Å². The number of hydrogen-bond acceptors (Lipinski definition) is 3. The van der Waals surface area contributed by atoms with Crippen LogP contribution in [-0.4, -0.2) is 11.5 Å². The van der Waals surface area contributed by atoms with Crippen LogP contribution < -0.4 is 5.73 Å². The molecule has 92 valence electrons. The van der Waals surface area contributed by atoms with Crippen molar-refractivity contribution in [1.29, 1.82) is 0 Å². The van der Waals surface area contributed by atoms with Gasteiger partial charge in [0.1, 0.15) is 5.82 Å². The molecule has 0 spiro atoms. The maximum atomic E-state index is 13.0. The van der Waals surface area contributed by atoms with Crippen molar-refractivity contribution in [3.8, 4) is 0 Å². The summed E-state index contributed by atoms with van der Waals surface area (Å²) in [6, 6.07) is 4.79. The van der Waals surface area contributed by atoms with E-state index in [1.165, 1.54) is 12.1 Å². The number of hydrogen-bond donors (Lipinski definition) is 1. The molecule has 1 atom stereocenters. The highest BCUT2D eigenvalue weighted by Crippen LogP contribution is 2.24. The van der Waals surface area contributed by atoms with Crippen LogP contribution in [0.4, 0.5) is 4.39 Å². The van der Waals surface area contributed by atoms with E-state index >= 15 is 0 Å². The van der Waals surface area contributed by atoms with Crippen LogP contribution in [0.1, 0.15) is 24.8 Å². The third kappa shape index (κ3) is 3.23. The van der Waals surface area contributed by atoms with Gasteiger partial charge in [0, 0.05) is 6.07 Å². The third-order valence-electron chi connectivity index (χ3n) is 2.90. The van der Waals surface area contributed by atoms with Gasteiger partial charge < -0.3 is 5.73 Å². The number of benzene rings is 1. The molecule has 4 heteroatoms. The lowest BCUT2D eigenvalue weighted by molar-refractivity contribution is 0.499. The molecule has 0 saturated heterocycles. The molecule has 0 aliphatic rings. The van der Waals surface area contributed by atoms with E-state index in [9.17, 15) is 4.39 Å². The fourth-order valence-electron chi connectivity index (χ4n) is 1.85. The van der Waals surface area contributed by atoms with Gasteiger partial charge in [-0.05, 0) is 43.9 Å². The summed E-state index contributed by atoms with van der Waals surface area (Å²) in [6.45, 7) is 2.95. The predicted octanol–water partition coefficient (Wildman–Crippen LogP) is 3.35. The number of nitrogens with zero attached hydrogens (tertiary/aromatic N) is 1. The summed E-state index contributed by atoms with van der Waals surface area (Å²) in [5.74, 6) is 0.412. The molecule has 0 aliphatic heterocycles. The second-order valence-corrected chi connectivity index (χ2v) is 5.56. The summed E-state index contributed by atoms with van der Waals surface area (Å²) in [5, 5.41) is 1.09. The van der Waals surface area contributed by atoms with Gasteiger partial charge in [0.15, 0.2) is 0 Å². The van der Waals surface area contributed by atoms with Crippen molar-refractivity contribution >= 4 is 21.6 Å². The minimum absolute atomic E-state index is 0.217. The summed E-state index contributed by atoms with van der Waals surface area (Å²) >= 11 is 1.66. The first-order chi connectivity index (χ1) is 8.19. The van der Waals surface area contributed by atoms with Crippen molar-refractivity contribution in [2.45, 2.75) is 26.2 Å². The molecule has 1 aromatic carbocycles. The monoisotopic (exact) mass is 252 g/mol. The Morgan fingerprint density at radius 2 is 2.24 bits per heavy atom. The molecule has 2 rings (SSSR count). The number of halogens is 1. The fourth-order valence-corrected chi connectivity index (χ4v) is 2.82. The first-order valence-corrected chi connectivity index (χ1v) is 6.75. The molecule has 2 aromatic rings. The summed E-state index contributed by atoms with van der Waals surface area (Å²) in [7, 11) is 0. The molecule has 0 fully saturated rings. The van der Waals surface area contributed by atoms with Crippen LogP contribution in [0.3, 0.4) is 0 Å². The van der Waals surface area contributed by atoms with Crippen molar-refractivity contribution in [2.24, 2.45) is 11.7 Å². The van der Waals surface area contributed by atoms with Crippen LogP contribution in [0, 0.1) is 11.7 Å². The fraction of sp³-hybridized carbons (Fsp3) is 0.462. The zero-order valence-corrected chi connectivity index (χ0v) is 10.8. The number of nitrogens with two attached hydrogens (primary N) is 1. The standard InChI is InChI=1S/C13H17FN2S/c1-9(6-7-15)2-5-13-16-11-8-10(14)3-4-12(11)17-13/h3-4,8-9H,2,5-7,15H2,1H3. The maximum absolute atomic E-state index is 13.0. The molecule has 2 N–H and O–H groups in total. The van der Waals surface area contributed by atoms with E-state index in [1.54, 1.807) is 17.4 Å². The van der Waals surface area contributed by atoms with Gasteiger partial charge in [0.2, 0.25) is 0 Å². The molecule has 1 aromatic heterocycles. The van der Waals surface area contributed by atoms with E-state index < -0.39 is 0 Å². The van der Waals surface area contributed by atoms with E-state index in [0.717, 1.165) is 41.0 Å². The van der Waals surface area contributed by atoms with Crippen molar-refractivity contribution < 1.29 is 4.39 Å². The van der Waals surface area contributed by atoms with Gasteiger partial charge in [-0.25, -0.2) is 9.37 Å². The lowest BCUT2D eigenvalue weighted by Gasteiger charge is -2.07. The highest BCUT2D eigenvalue weighted by molar-refractivity contribution is 7.18. The first-order valence-electron chi connectivity index (χ1n) is 5.94. The summed E-state index contributed by atoms with van der Waals surface area (Å²) in [5.41, 5.74) is 6.30. The van der Waals surface area contributed by atoms with Gasteiger partial charge in [-0.15, -0.1) is 11.3 Å². The van der Waals surface area contributed by atoms with Crippen molar-refractivity contribution in [1.82, 2.24) is 4.98 Å². The molecule has 17 heavy (non-hydrogen) atoms. The largest absolute Gasteiger partial charge is 0.330 e. The Kier molecular flexibility index (Phi) is 4.07. The quantitative estimate of drug-likeness (QED) is 0.886. The topological polar surface area (TPSA) is 38.9 Å². The van der Waals surface area contributed by atoms with Crippen molar-refractivity contribution in [3.05, 3.63) is 29.0 Å². The zero-order valence-electron chi connectivity index (χ0n) is 9.95. The van der Waals surface area contributed by atoms with E-state index in [2.05, 4.69) is 11.9 Å². The van der Waals surface area contributed by atoms with Crippen LogP contribution in [0.5, 0.6) is 0 Å². The van der Waals surface area contributed by atoms with Gasteiger partial charge >= 0.3 is 0 Å². The second kappa shape index (κ2) is 5.56. The second-order valence-electron chi connectivity index (χ2n) is 4.44. The Hall–Kier alpha value is -1.00. The molecule has 0 amide bonds. The van der Waals surface area contributed by atoms with Gasteiger partial charge in [0.05, 0.1) is 15.2 Å². The van der Waals surface area contributed by atoms with Crippen LogP contribution in [-0.2, 0) is 6.42 Å². The Balaban J connectivity index is 2.04. The SMILES string of the molecule is CC(CCN)CCc1nc2cc(F)ccc2s1. The molecule has 1 heterocycles. The van der Waals surface area contributed by atoms with Crippen molar-refractivity contribution in [2.75, 3.05) is 6.54 Å². The summed E-state index contributed by atoms with van der Waals surface area (Å²) in [6.07, 6.45) is 3.11. The summed E-state index contributed by atoms with van der Waals surface area (Å²) < 4.78 is 14.1. The number of aromatic nitrogens is 1. The molecule has 0 saturated carbocycles. The Labute approximate surface area is 105 Å². The minimum Gasteiger partial charge on any atom is -0.330 e. The molecular formula is C13H17FN2S. The van der Waals surface area contributed by atoms with Gasteiger partial charge in [-0.3, -0.25) is 0 Å². The highest BCUT2D eigenvalue weighted by Gasteiger charge is 2.07. The predicted molar refractivity (Wildman–Crippen MR) is 70.7 cm³/mol. The summed E-state index contributed by atoms with van der Waals surface area (Å²) in [4.78, 5) is 4.45. The number of rotatable bonds is 5. The van der Waals surface area contributed by atoms with Crippen LogP contribution in [0.15, 0.2) is 18.2 Å². The van der Waals surface area contributed by atoms with E-state index in [4.69, 9.17) is 5.73 Å². The van der Waals surface area contributed by atoms with E-state index in [-0.39, 0.29) is 5.82 Å². The first kappa shape index (κ1) is 12.5. The van der Waals surface area contributed by atoms with Crippen LogP contribution in [0.2, 0.25) is 0 Å². The number of fused-ring (bicyclic) bond motifs is 1. The Bertz CT molecular complexity index is 495. The van der Waals surface area contributed by atoms with Gasteiger partial charge in [-0.1, -0.05) is 6.92 Å². The minimum atomic E-state index is -0.217. The average Bonchev–Trinajstić information content (AvgIpc) is 2.68. The van der Waals surface area contributed by atoms with Crippen LogP contribution >= 0.6 is 11.3 Å². The molecule has 0 bridgehead atoms. The highest BCUT2D eigenvalue weighted by atomic mass is 32.1. The number of aryl methyl sites for hydroxylation is 1. The Morgan fingerprint density at radius 1 is 1.41 bits per heavy atom. The van der Waals surface area contributed by atoms with E-state index in [0.29, 0.717) is 5.92 Å². The number of thiazole rings is 1. The van der Waals surface area contributed by atoms with Gasteiger partial charge in [0.25, 0.3) is 0 Å². The lowest BCUT2D eigenvalue weighted by atomic mass is 10.0. The smallest absolute Gasteiger partial charge is 0.125 e. The lowest BCUT2D eigenvalue weighted by Crippen LogP contribution is -2.06. The third-order valence-corrected chi connectivity index (χ3v) is 4.00. The molecule has 1 unspecified atom stereocenters. The van der Waals surface area contributed by atoms with E-state index in [1.807, 2.05) is 0 Å². The van der Waals surface area contributed by atoms with Crippen molar-refractivity contribution in [3.63, 3.8) is 0 Å². The molecule has 2 nitrogen and oxygen atoms in total. The molecular weight excluding hydrogens is 235 g/mol. The molecule has 0 radical (unpaired) electrons. The molecule has 0 aliphatic carbocycles. The normalized spacial score (nSPS) is 13.1. The van der Waals surface area contributed by atoms with Crippen LogP contribution in [0.25, 0.3) is 10.2 Å². The zero-order chi connectivity index (χ0) is 12.3. The Morgan fingerprint density at radius 3 is 3.00 bits per heavy atom. The average molecular weight is 252 g/mol.